The van der Waals surface area contributed by atoms with Gasteiger partial charge in [-0.15, -0.1) is 0 Å². The number of hydrogen-bond donors (Lipinski definition) is 2. The summed E-state index contributed by atoms with van der Waals surface area (Å²) >= 11 is 5.78. The molecule has 1 heterocycles. The van der Waals surface area contributed by atoms with Gasteiger partial charge in [-0.3, -0.25) is 4.79 Å². The highest BCUT2D eigenvalue weighted by molar-refractivity contribution is 6.32. The first-order chi connectivity index (χ1) is 7.15. The first kappa shape index (κ1) is 12.0. The number of rotatable bonds is 5. The van der Waals surface area contributed by atoms with E-state index in [0.29, 0.717) is 5.69 Å². The van der Waals surface area contributed by atoms with E-state index in [1.54, 1.807) is 0 Å². The number of nitrogens with zero attached hydrogens (tertiary/aromatic N) is 2. The molecule has 1 rings (SSSR count). The van der Waals surface area contributed by atoms with Gasteiger partial charge in [0.1, 0.15) is 5.02 Å². The minimum absolute atomic E-state index is 0.157. The van der Waals surface area contributed by atoms with E-state index in [1.165, 1.54) is 6.20 Å². The summed E-state index contributed by atoms with van der Waals surface area (Å²) in [5, 5.41) is 9.15. The lowest BCUT2D eigenvalue weighted by atomic mass is 10.4. The molecule has 84 valence electrons. The van der Waals surface area contributed by atoms with Crippen molar-refractivity contribution in [2.45, 2.75) is 6.92 Å². The van der Waals surface area contributed by atoms with Crippen LogP contribution in [0.15, 0.2) is 11.0 Å². The molecule has 0 atom stereocenters. The van der Waals surface area contributed by atoms with Crippen LogP contribution in [0.5, 0.6) is 0 Å². The van der Waals surface area contributed by atoms with E-state index in [1.807, 2.05) is 7.05 Å². The molecule has 0 saturated heterocycles. The molecule has 0 spiro atoms. The second-order valence-corrected chi connectivity index (χ2v) is 3.63. The van der Waals surface area contributed by atoms with Gasteiger partial charge in [0.15, 0.2) is 0 Å². The monoisotopic (exact) mass is 230 g/mol. The average Bonchev–Trinajstić information content (AvgIpc) is 2.24. The van der Waals surface area contributed by atoms with E-state index >= 15 is 0 Å². The third kappa shape index (κ3) is 3.53. The highest BCUT2D eigenvalue weighted by Gasteiger charge is 2.03. The fourth-order valence-corrected chi connectivity index (χ4v) is 1.20. The first-order valence-electron chi connectivity index (χ1n) is 4.80. The van der Waals surface area contributed by atoms with Crippen LogP contribution in [-0.4, -0.2) is 41.8 Å². The normalized spacial score (nSPS) is 10.7. The van der Waals surface area contributed by atoms with E-state index in [-0.39, 0.29) is 10.6 Å². The molecule has 0 aliphatic carbocycles. The lowest BCUT2D eigenvalue weighted by Gasteiger charge is -2.14. The molecule has 0 radical (unpaired) electrons. The third-order valence-electron chi connectivity index (χ3n) is 2.14. The Bertz CT molecular complexity index is 365. The van der Waals surface area contributed by atoms with Gasteiger partial charge in [0.25, 0.3) is 5.56 Å². The second-order valence-electron chi connectivity index (χ2n) is 3.25. The van der Waals surface area contributed by atoms with Crippen molar-refractivity contribution >= 4 is 17.3 Å². The summed E-state index contributed by atoms with van der Waals surface area (Å²) in [5.74, 6) is 0. The molecule has 15 heavy (non-hydrogen) atoms. The van der Waals surface area contributed by atoms with Crippen molar-refractivity contribution in [3.8, 4) is 0 Å². The zero-order valence-electron chi connectivity index (χ0n) is 8.88. The molecule has 0 saturated carbocycles. The maximum atomic E-state index is 11.1. The number of aromatic nitrogens is 2. The Morgan fingerprint density at radius 3 is 3.07 bits per heavy atom. The fourth-order valence-electron chi connectivity index (χ4n) is 1.05. The maximum absolute atomic E-state index is 11.1. The van der Waals surface area contributed by atoms with Crippen LogP contribution in [0, 0.1) is 0 Å². The second kappa shape index (κ2) is 5.72. The van der Waals surface area contributed by atoms with Crippen molar-refractivity contribution in [3.05, 3.63) is 21.6 Å². The molecule has 6 heteroatoms. The molecule has 0 aliphatic heterocycles. The van der Waals surface area contributed by atoms with Crippen LogP contribution in [0.4, 0.5) is 5.69 Å². The Morgan fingerprint density at radius 1 is 1.67 bits per heavy atom. The SMILES string of the molecule is CCN(C)CCNc1cn[nH]c(=O)c1Cl. The van der Waals surface area contributed by atoms with Crippen LogP contribution >= 0.6 is 11.6 Å². The molecule has 1 aromatic heterocycles. The van der Waals surface area contributed by atoms with Crippen LogP contribution in [-0.2, 0) is 0 Å². The van der Waals surface area contributed by atoms with Gasteiger partial charge in [-0.1, -0.05) is 18.5 Å². The number of aromatic amines is 1. The van der Waals surface area contributed by atoms with Crippen molar-refractivity contribution in [3.63, 3.8) is 0 Å². The molecule has 5 nitrogen and oxygen atoms in total. The predicted molar refractivity (Wildman–Crippen MR) is 61.5 cm³/mol. The highest BCUT2D eigenvalue weighted by atomic mass is 35.5. The van der Waals surface area contributed by atoms with Crippen molar-refractivity contribution in [1.29, 1.82) is 0 Å². The number of nitrogens with one attached hydrogen (secondary N) is 2. The summed E-state index contributed by atoms with van der Waals surface area (Å²) < 4.78 is 0. The smallest absolute Gasteiger partial charge is 0.285 e. The Morgan fingerprint density at radius 2 is 2.40 bits per heavy atom. The minimum atomic E-state index is -0.370. The van der Waals surface area contributed by atoms with Crippen molar-refractivity contribution in [2.24, 2.45) is 0 Å². The number of H-pyrrole nitrogens is 1. The van der Waals surface area contributed by atoms with Crippen LogP contribution in [0.2, 0.25) is 5.02 Å². The van der Waals surface area contributed by atoms with Gasteiger partial charge >= 0.3 is 0 Å². The Kier molecular flexibility index (Phi) is 4.58. The van der Waals surface area contributed by atoms with Crippen LogP contribution in [0.1, 0.15) is 6.92 Å². The molecule has 0 bridgehead atoms. The molecule has 0 fully saturated rings. The number of hydrogen-bond acceptors (Lipinski definition) is 4. The molecular formula is C9H15ClN4O. The van der Waals surface area contributed by atoms with Gasteiger partial charge in [-0.2, -0.15) is 5.10 Å². The Balaban J connectivity index is 2.51. The van der Waals surface area contributed by atoms with Crippen LogP contribution in [0.3, 0.4) is 0 Å². The average molecular weight is 231 g/mol. The predicted octanol–water partition coefficient (Wildman–Crippen LogP) is 0.787. The van der Waals surface area contributed by atoms with Crippen molar-refractivity contribution < 1.29 is 0 Å². The molecular weight excluding hydrogens is 216 g/mol. The zero-order chi connectivity index (χ0) is 11.3. The maximum Gasteiger partial charge on any atom is 0.285 e. The van der Waals surface area contributed by atoms with Crippen molar-refractivity contribution in [2.75, 3.05) is 32.0 Å². The van der Waals surface area contributed by atoms with Crippen LogP contribution in [0.25, 0.3) is 0 Å². The molecule has 0 aliphatic rings. The number of likely N-dealkylation sites (N-methyl/N-ethyl adjacent to an activating group) is 1. The summed E-state index contributed by atoms with van der Waals surface area (Å²) in [4.78, 5) is 13.2. The third-order valence-corrected chi connectivity index (χ3v) is 2.52. The van der Waals surface area contributed by atoms with E-state index < -0.39 is 0 Å². The van der Waals surface area contributed by atoms with Gasteiger partial charge in [-0.05, 0) is 13.6 Å². The molecule has 1 aromatic rings. The number of halogens is 1. The molecule has 0 unspecified atom stereocenters. The summed E-state index contributed by atoms with van der Waals surface area (Å²) in [6, 6.07) is 0. The first-order valence-corrected chi connectivity index (χ1v) is 5.18. The molecule has 0 aromatic carbocycles. The lowest BCUT2D eigenvalue weighted by molar-refractivity contribution is 0.367. The van der Waals surface area contributed by atoms with Gasteiger partial charge in [0.05, 0.1) is 11.9 Å². The largest absolute Gasteiger partial charge is 0.381 e. The number of anilines is 1. The summed E-state index contributed by atoms with van der Waals surface area (Å²) in [6.07, 6.45) is 1.51. The van der Waals surface area contributed by atoms with Gasteiger partial charge in [0.2, 0.25) is 0 Å². The summed E-state index contributed by atoms with van der Waals surface area (Å²) in [7, 11) is 2.03. The summed E-state index contributed by atoms with van der Waals surface area (Å²) in [6.45, 7) is 4.69. The van der Waals surface area contributed by atoms with Gasteiger partial charge in [-0.25, -0.2) is 5.10 Å². The zero-order valence-corrected chi connectivity index (χ0v) is 9.64. The molecule has 0 amide bonds. The Labute approximate surface area is 93.4 Å². The van der Waals surface area contributed by atoms with E-state index in [9.17, 15) is 4.79 Å². The standard InChI is InChI=1S/C9H15ClN4O/c1-3-14(2)5-4-11-7-6-12-13-9(15)8(7)10/h6H,3-5H2,1-2H3,(H2,11,13,15). The van der Waals surface area contributed by atoms with Gasteiger partial charge < -0.3 is 10.2 Å². The van der Waals surface area contributed by atoms with Crippen molar-refractivity contribution in [1.82, 2.24) is 15.1 Å². The van der Waals surface area contributed by atoms with Crippen LogP contribution < -0.4 is 10.9 Å². The summed E-state index contributed by atoms with van der Waals surface area (Å²) in [5.41, 5.74) is 0.204. The van der Waals surface area contributed by atoms with E-state index in [0.717, 1.165) is 19.6 Å². The fraction of sp³-hybridized carbons (Fsp3) is 0.556. The topological polar surface area (TPSA) is 61.0 Å². The van der Waals surface area contributed by atoms with E-state index in [4.69, 9.17) is 11.6 Å². The Hall–Kier alpha value is -1.07. The minimum Gasteiger partial charge on any atom is -0.381 e. The van der Waals surface area contributed by atoms with E-state index in [2.05, 4.69) is 27.3 Å². The quantitative estimate of drug-likeness (QED) is 0.785. The molecule has 2 N–H and O–H groups in total. The highest BCUT2D eigenvalue weighted by Crippen LogP contribution is 2.13. The lowest BCUT2D eigenvalue weighted by Crippen LogP contribution is -2.25. The van der Waals surface area contributed by atoms with Gasteiger partial charge in [0, 0.05) is 13.1 Å².